The number of halogens is 5. The number of hydrogen-bond acceptors (Lipinski definition) is 5. The van der Waals surface area contributed by atoms with Crippen molar-refractivity contribution in [1.82, 2.24) is 15.1 Å². The Morgan fingerprint density at radius 2 is 1.79 bits per heavy atom. The number of benzene rings is 3. The molecule has 0 spiro atoms. The molecule has 0 unspecified atom stereocenters. The van der Waals surface area contributed by atoms with Crippen LogP contribution in [0, 0.1) is 5.82 Å². The first-order valence-electron chi connectivity index (χ1n) is 10.8. The van der Waals surface area contributed by atoms with Gasteiger partial charge in [0.1, 0.15) is 11.5 Å². The van der Waals surface area contributed by atoms with Gasteiger partial charge in [0.2, 0.25) is 0 Å². The molecule has 0 fully saturated rings. The Morgan fingerprint density at radius 3 is 2.42 bits per heavy atom. The lowest BCUT2D eigenvalue weighted by Gasteiger charge is -2.13. The summed E-state index contributed by atoms with van der Waals surface area (Å²) in [6.45, 7) is -0.427. The lowest BCUT2D eigenvalue weighted by atomic mass is 10.0. The van der Waals surface area contributed by atoms with Crippen LogP contribution >= 0.6 is 11.6 Å². The van der Waals surface area contributed by atoms with E-state index in [-0.39, 0.29) is 40.9 Å². The second kappa shape index (κ2) is 10.2. The molecule has 3 N–H and O–H groups in total. The quantitative estimate of drug-likeness (QED) is 0.302. The minimum Gasteiger partial charge on any atom is -0.478 e. The average Bonchev–Trinajstić information content (AvgIpc) is 3.24. The van der Waals surface area contributed by atoms with Crippen LogP contribution in [0.1, 0.15) is 36.6 Å². The number of aliphatic hydroxyl groups excluding tert-OH is 1. The van der Waals surface area contributed by atoms with E-state index in [9.17, 15) is 31.9 Å². The van der Waals surface area contributed by atoms with Gasteiger partial charge in [0.25, 0.3) is 11.8 Å². The van der Waals surface area contributed by atoms with Gasteiger partial charge in [-0.3, -0.25) is 9.59 Å². The van der Waals surface area contributed by atoms with Crippen LogP contribution in [0.5, 0.6) is 0 Å². The fourth-order valence-corrected chi connectivity index (χ4v) is 4.07. The number of aromatic nitrogens is 2. The third-order valence-corrected chi connectivity index (χ3v) is 5.85. The molecule has 1 heterocycles. The Morgan fingerprint density at radius 1 is 1.05 bits per heavy atom. The standard InChI is InChI=1S/C25H16ClF4N3O5/c26-17-3-1-2-16(25(28,29)30)20(17)23(36)33-19-11-13(22(35)31-8-9-34)5-7-15(19)21(32-33)12-4-6-14(24(37)38)18(27)10-12/h1-7,10-11,34H,8-9H2,(H,31,35)(H,37,38). The topological polar surface area (TPSA) is 122 Å². The van der Waals surface area contributed by atoms with E-state index >= 15 is 0 Å². The van der Waals surface area contributed by atoms with Crippen LogP contribution in [0.4, 0.5) is 17.6 Å². The molecular formula is C25H16ClF4N3O5. The normalized spacial score (nSPS) is 11.5. The molecule has 0 aliphatic carbocycles. The van der Waals surface area contributed by atoms with Gasteiger partial charge in [-0.1, -0.05) is 23.7 Å². The maximum atomic E-state index is 14.4. The summed E-state index contributed by atoms with van der Waals surface area (Å²) in [6.07, 6.45) is -4.94. The van der Waals surface area contributed by atoms with Crippen LogP contribution in [0.2, 0.25) is 5.02 Å². The van der Waals surface area contributed by atoms with Gasteiger partial charge >= 0.3 is 12.1 Å². The SMILES string of the molecule is O=C(NCCO)c1ccc2c(-c3ccc(C(=O)O)c(F)c3)nn(C(=O)c3c(Cl)cccc3C(F)(F)F)c2c1. The van der Waals surface area contributed by atoms with E-state index in [1.165, 1.54) is 24.3 Å². The summed E-state index contributed by atoms with van der Waals surface area (Å²) >= 11 is 6.01. The Balaban J connectivity index is 1.97. The van der Waals surface area contributed by atoms with E-state index in [2.05, 4.69) is 10.4 Å². The molecule has 0 saturated heterocycles. The summed E-state index contributed by atoms with van der Waals surface area (Å²) in [6, 6.07) is 9.77. The Hall–Kier alpha value is -4.29. The van der Waals surface area contributed by atoms with E-state index in [0.717, 1.165) is 24.3 Å². The number of carbonyl (C=O) groups is 3. The molecule has 8 nitrogen and oxygen atoms in total. The number of aliphatic hydroxyl groups is 1. The van der Waals surface area contributed by atoms with Gasteiger partial charge in [0.05, 0.1) is 33.8 Å². The maximum absolute atomic E-state index is 14.4. The largest absolute Gasteiger partial charge is 0.478 e. The van der Waals surface area contributed by atoms with Crippen molar-refractivity contribution >= 4 is 40.3 Å². The highest BCUT2D eigenvalue weighted by molar-refractivity contribution is 6.34. The Kier molecular flexibility index (Phi) is 7.20. The summed E-state index contributed by atoms with van der Waals surface area (Å²) in [5.41, 5.74) is -2.97. The third-order valence-electron chi connectivity index (χ3n) is 5.54. The molecule has 0 aliphatic rings. The van der Waals surface area contributed by atoms with Gasteiger partial charge in [-0.05, 0) is 42.5 Å². The van der Waals surface area contributed by atoms with Gasteiger partial charge in [0, 0.05) is 23.1 Å². The van der Waals surface area contributed by atoms with Gasteiger partial charge in [-0.2, -0.15) is 23.0 Å². The van der Waals surface area contributed by atoms with Crippen molar-refractivity contribution < 1.29 is 42.2 Å². The fourth-order valence-electron chi connectivity index (χ4n) is 3.82. The Labute approximate surface area is 216 Å². The molecular weight excluding hydrogens is 534 g/mol. The van der Waals surface area contributed by atoms with Crippen LogP contribution in [-0.2, 0) is 6.18 Å². The number of amides is 1. The highest BCUT2D eigenvalue weighted by atomic mass is 35.5. The summed E-state index contributed by atoms with van der Waals surface area (Å²) in [7, 11) is 0. The van der Waals surface area contributed by atoms with Crippen LogP contribution in [0.25, 0.3) is 22.2 Å². The van der Waals surface area contributed by atoms with Crippen molar-refractivity contribution in [2.24, 2.45) is 0 Å². The number of nitrogens with one attached hydrogen (secondary N) is 1. The predicted octanol–water partition coefficient (Wildman–Crippen LogP) is 4.62. The number of rotatable bonds is 6. The van der Waals surface area contributed by atoms with Crippen LogP contribution in [-0.4, -0.2) is 50.9 Å². The van der Waals surface area contributed by atoms with Gasteiger partial charge in [-0.15, -0.1) is 0 Å². The summed E-state index contributed by atoms with van der Waals surface area (Å²) in [4.78, 5) is 37.1. The van der Waals surface area contributed by atoms with Crippen molar-refractivity contribution in [3.05, 3.63) is 87.7 Å². The van der Waals surface area contributed by atoms with Crippen molar-refractivity contribution in [2.45, 2.75) is 6.18 Å². The summed E-state index contributed by atoms with van der Waals surface area (Å²) < 4.78 is 56.2. The lowest BCUT2D eigenvalue weighted by Crippen LogP contribution is -2.26. The molecule has 0 bridgehead atoms. The van der Waals surface area contributed by atoms with E-state index in [1.807, 2.05) is 0 Å². The molecule has 1 aromatic heterocycles. The number of carbonyl (C=O) groups excluding carboxylic acids is 2. The van der Waals surface area contributed by atoms with Crippen molar-refractivity contribution in [3.8, 4) is 11.3 Å². The second-order valence-electron chi connectivity index (χ2n) is 7.94. The number of alkyl halides is 3. The number of carboxylic acid groups (broad SMARTS) is 1. The number of nitrogens with zero attached hydrogens (tertiary/aromatic N) is 2. The first-order valence-corrected chi connectivity index (χ1v) is 11.2. The molecule has 0 radical (unpaired) electrons. The van der Waals surface area contributed by atoms with Crippen LogP contribution in [0.3, 0.4) is 0 Å². The average molecular weight is 550 g/mol. The maximum Gasteiger partial charge on any atom is 0.417 e. The molecule has 196 valence electrons. The molecule has 13 heteroatoms. The van der Waals surface area contributed by atoms with Gasteiger partial charge in [0.15, 0.2) is 0 Å². The highest BCUT2D eigenvalue weighted by Gasteiger charge is 2.37. The third kappa shape index (κ3) is 4.95. The molecule has 0 saturated carbocycles. The number of aromatic carboxylic acids is 1. The molecule has 1 amide bonds. The molecule has 0 aliphatic heterocycles. The van der Waals surface area contributed by atoms with Crippen LogP contribution < -0.4 is 5.32 Å². The Bertz CT molecular complexity index is 1600. The van der Waals surface area contributed by atoms with Crippen molar-refractivity contribution in [3.63, 3.8) is 0 Å². The predicted molar refractivity (Wildman–Crippen MR) is 128 cm³/mol. The zero-order valence-corrected chi connectivity index (χ0v) is 19.8. The zero-order valence-electron chi connectivity index (χ0n) is 19.0. The minimum atomic E-state index is -4.94. The van der Waals surface area contributed by atoms with E-state index in [1.54, 1.807) is 0 Å². The van der Waals surface area contributed by atoms with Crippen LogP contribution in [0.15, 0.2) is 54.6 Å². The number of hydrogen-bond donors (Lipinski definition) is 3. The first-order chi connectivity index (χ1) is 17.9. The minimum absolute atomic E-state index is 0.00550. The number of carboxylic acids is 1. The van der Waals surface area contributed by atoms with E-state index in [0.29, 0.717) is 10.7 Å². The second-order valence-corrected chi connectivity index (χ2v) is 8.34. The first kappa shape index (κ1) is 26.8. The van der Waals surface area contributed by atoms with Gasteiger partial charge < -0.3 is 15.5 Å². The molecule has 4 rings (SSSR count). The van der Waals surface area contributed by atoms with Crippen molar-refractivity contribution in [1.29, 1.82) is 0 Å². The van der Waals surface area contributed by atoms with E-state index in [4.69, 9.17) is 21.8 Å². The zero-order chi connectivity index (χ0) is 27.8. The highest BCUT2D eigenvalue weighted by Crippen LogP contribution is 2.37. The lowest BCUT2D eigenvalue weighted by molar-refractivity contribution is -0.137. The molecule has 38 heavy (non-hydrogen) atoms. The summed E-state index contributed by atoms with van der Waals surface area (Å²) in [5, 5.41) is 24.3. The number of fused-ring (bicyclic) bond motifs is 1. The summed E-state index contributed by atoms with van der Waals surface area (Å²) in [5.74, 6) is -4.53. The fraction of sp³-hybridized carbons (Fsp3) is 0.120. The monoisotopic (exact) mass is 549 g/mol. The molecule has 4 aromatic rings. The van der Waals surface area contributed by atoms with E-state index < -0.39 is 51.5 Å². The molecule has 3 aromatic carbocycles. The molecule has 0 atom stereocenters. The van der Waals surface area contributed by atoms with Crippen molar-refractivity contribution in [2.75, 3.05) is 13.2 Å². The smallest absolute Gasteiger partial charge is 0.417 e. The van der Waals surface area contributed by atoms with Gasteiger partial charge in [-0.25, -0.2) is 9.18 Å².